The maximum Gasteiger partial charge on any atom is 0.0702 e. The molecule has 0 amide bonds. The van der Waals surface area contributed by atoms with Crippen LogP contribution in [0.25, 0.3) is 0 Å². The molecule has 3 atom stereocenters. The van der Waals surface area contributed by atoms with Crippen LogP contribution in [0.1, 0.15) is 50.3 Å². The first-order valence-corrected chi connectivity index (χ1v) is 8.34. The number of benzene rings is 1. The van der Waals surface area contributed by atoms with Crippen LogP contribution < -0.4 is 5.73 Å². The molecule has 1 aromatic rings. The molecule has 3 heteroatoms. The van der Waals surface area contributed by atoms with Gasteiger partial charge < -0.3 is 10.5 Å². The number of rotatable bonds is 6. The molecule has 1 heterocycles. The monoisotopic (exact) mass is 290 g/mol. The minimum Gasteiger partial charge on any atom is -0.377 e. The Kier molecular flexibility index (Phi) is 6.22. The van der Waals surface area contributed by atoms with Crippen LogP contribution in [0.2, 0.25) is 0 Å². The molecule has 0 aromatic heterocycles. The van der Waals surface area contributed by atoms with Crippen molar-refractivity contribution >= 4 is 0 Å². The van der Waals surface area contributed by atoms with Crippen LogP contribution in [0, 0.1) is 6.92 Å². The molecule has 3 nitrogen and oxygen atoms in total. The van der Waals surface area contributed by atoms with Gasteiger partial charge in [-0.3, -0.25) is 4.90 Å². The van der Waals surface area contributed by atoms with E-state index in [1.54, 1.807) is 0 Å². The molecule has 0 aliphatic carbocycles. The molecule has 2 N–H and O–H groups in total. The van der Waals surface area contributed by atoms with Crippen molar-refractivity contribution in [2.75, 3.05) is 19.7 Å². The SMILES string of the molecule is CCOC1CCCN(C(c2ccccc2C)C(N)CC)C1. The van der Waals surface area contributed by atoms with Crippen molar-refractivity contribution in [2.45, 2.75) is 58.2 Å². The maximum atomic E-state index is 6.49. The van der Waals surface area contributed by atoms with Crippen LogP contribution in [-0.2, 0) is 4.74 Å². The van der Waals surface area contributed by atoms with E-state index in [0.717, 1.165) is 26.1 Å². The van der Waals surface area contributed by atoms with Crippen molar-refractivity contribution in [1.82, 2.24) is 4.90 Å². The lowest BCUT2D eigenvalue weighted by Gasteiger charge is -2.41. The first kappa shape index (κ1) is 16.5. The van der Waals surface area contributed by atoms with Gasteiger partial charge in [0.1, 0.15) is 0 Å². The molecule has 1 saturated heterocycles. The second kappa shape index (κ2) is 7.92. The van der Waals surface area contributed by atoms with E-state index in [-0.39, 0.29) is 6.04 Å². The zero-order valence-corrected chi connectivity index (χ0v) is 13.7. The van der Waals surface area contributed by atoms with Crippen LogP contribution >= 0.6 is 0 Å². The lowest BCUT2D eigenvalue weighted by Crippen LogP contribution is -2.47. The van der Waals surface area contributed by atoms with Gasteiger partial charge in [-0.1, -0.05) is 31.2 Å². The third-order valence-electron chi connectivity index (χ3n) is 4.59. The second-order valence-electron chi connectivity index (χ2n) is 6.09. The molecular weight excluding hydrogens is 260 g/mol. The average Bonchev–Trinajstić information content (AvgIpc) is 2.50. The first-order chi connectivity index (χ1) is 10.2. The second-order valence-corrected chi connectivity index (χ2v) is 6.09. The van der Waals surface area contributed by atoms with Gasteiger partial charge in [-0.15, -0.1) is 0 Å². The molecule has 0 bridgehead atoms. The Hall–Kier alpha value is -0.900. The van der Waals surface area contributed by atoms with Gasteiger partial charge in [0.05, 0.1) is 12.1 Å². The molecule has 2 rings (SSSR count). The number of likely N-dealkylation sites (tertiary alicyclic amines) is 1. The largest absolute Gasteiger partial charge is 0.377 e. The summed E-state index contributed by atoms with van der Waals surface area (Å²) in [5.74, 6) is 0. The van der Waals surface area contributed by atoms with Gasteiger partial charge in [-0.25, -0.2) is 0 Å². The highest BCUT2D eigenvalue weighted by Gasteiger charge is 2.31. The number of hydrogen-bond donors (Lipinski definition) is 1. The zero-order valence-electron chi connectivity index (χ0n) is 13.7. The zero-order chi connectivity index (χ0) is 15.2. The van der Waals surface area contributed by atoms with E-state index >= 15 is 0 Å². The van der Waals surface area contributed by atoms with Gasteiger partial charge in [-0.2, -0.15) is 0 Å². The van der Waals surface area contributed by atoms with Crippen molar-refractivity contribution in [3.05, 3.63) is 35.4 Å². The Morgan fingerprint density at radius 2 is 2.10 bits per heavy atom. The summed E-state index contributed by atoms with van der Waals surface area (Å²) in [6.07, 6.45) is 3.73. The van der Waals surface area contributed by atoms with Crippen LogP contribution in [0.5, 0.6) is 0 Å². The molecule has 21 heavy (non-hydrogen) atoms. The molecule has 118 valence electrons. The number of piperidine rings is 1. The van der Waals surface area contributed by atoms with E-state index < -0.39 is 0 Å². The van der Waals surface area contributed by atoms with Crippen molar-refractivity contribution in [3.63, 3.8) is 0 Å². The third kappa shape index (κ3) is 4.06. The highest BCUT2D eigenvalue weighted by molar-refractivity contribution is 5.30. The summed E-state index contributed by atoms with van der Waals surface area (Å²) < 4.78 is 5.86. The Morgan fingerprint density at radius 1 is 1.33 bits per heavy atom. The van der Waals surface area contributed by atoms with E-state index in [1.807, 2.05) is 0 Å². The van der Waals surface area contributed by atoms with Gasteiger partial charge in [0, 0.05) is 19.2 Å². The van der Waals surface area contributed by atoms with Crippen molar-refractivity contribution in [3.8, 4) is 0 Å². The van der Waals surface area contributed by atoms with Gasteiger partial charge in [0.2, 0.25) is 0 Å². The predicted molar refractivity (Wildman–Crippen MR) is 88.4 cm³/mol. The molecule has 1 aliphatic rings. The Balaban J connectivity index is 2.22. The Morgan fingerprint density at radius 3 is 2.76 bits per heavy atom. The molecule has 1 aromatic carbocycles. The molecular formula is C18H30N2O. The van der Waals surface area contributed by atoms with Crippen LogP contribution in [0.4, 0.5) is 0 Å². The topological polar surface area (TPSA) is 38.5 Å². The molecule has 0 radical (unpaired) electrons. The number of hydrogen-bond acceptors (Lipinski definition) is 3. The fourth-order valence-electron chi connectivity index (χ4n) is 3.43. The minimum absolute atomic E-state index is 0.173. The van der Waals surface area contributed by atoms with Crippen molar-refractivity contribution < 1.29 is 4.74 Å². The molecule has 1 aliphatic heterocycles. The summed E-state index contributed by atoms with van der Waals surface area (Å²) in [6.45, 7) is 9.37. The summed E-state index contributed by atoms with van der Waals surface area (Å²) in [5.41, 5.74) is 9.20. The summed E-state index contributed by atoms with van der Waals surface area (Å²) in [6, 6.07) is 9.13. The van der Waals surface area contributed by atoms with E-state index in [4.69, 9.17) is 10.5 Å². The molecule has 3 unspecified atom stereocenters. The standard InChI is InChI=1S/C18H30N2O/c1-4-17(19)18(16-11-7-6-9-14(16)3)20-12-8-10-15(13-20)21-5-2/h6-7,9,11,15,17-18H,4-5,8,10,12-13,19H2,1-3H3. The minimum atomic E-state index is 0.173. The normalized spacial score (nSPS) is 23.0. The van der Waals surface area contributed by atoms with E-state index in [0.29, 0.717) is 12.1 Å². The van der Waals surface area contributed by atoms with Gasteiger partial charge in [0.15, 0.2) is 0 Å². The number of nitrogens with zero attached hydrogens (tertiary/aromatic N) is 1. The van der Waals surface area contributed by atoms with E-state index in [2.05, 4.69) is 49.9 Å². The third-order valence-corrected chi connectivity index (χ3v) is 4.59. The van der Waals surface area contributed by atoms with Crippen LogP contribution in [-0.4, -0.2) is 36.7 Å². The molecule has 1 fully saturated rings. The Labute approximate surface area is 129 Å². The summed E-state index contributed by atoms with van der Waals surface area (Å²) in [5, 5.41) is 0. The predicted octanol–water partition coefficient (Wildman–Crippen LogP) is 3.27. The molecule has 0 spiro atoms. The lowest BCUT2D eigenvalue weighted by molar-refractivity contribution is -0.0117. The highest BCUT2D eigenvalue weighted by atomic mass is 16.5. The average molecular weight is 290 g/mol. The van der Waals surface area contributed by atoms with Gasteiger partial charge in [0.25, 0.3) is 0 Å². The van der Waals surface area contributed by atoms with Gasteiger partial charge in [-0.05, 0) is 50.8 Å². The fraction of sp³-hybridized carbons (Fsp3) is 0.667. The smallest absolute Gasteiger partial charge is 0.0702 e. The van der Waals surface area contributed by atoms with Crippen molar-refractivity contribution in [1.29, 1.82) is 0 Å². The molecule has 0 saturated carbocycles. The number of aryl methyl sites for hydroxylation is 1. The quantitative estimate of drug-likeness (QED) is 0.874. The Bertz CT molecular complexity index is 433. The summed E-state index contributed by atoms with van der Waals surface area (Å²) in [4.78, 5) is 2.54. The van der Waals surface area contributed by atoms with E-state index in [1.165, 1.54) is 24.0 Å². The van der Waals surface area contributed by atoms with Crippen LogP contribution in [0.3, 0.4) is 0 Å². The summed E-state index contributed by atoms with van der Waals surface area (Å²) in [7, 11) is 0. The highest BCUT2D eigenvalue weighted by Crippen LogP contribution is 2.30. The van der Waals surface area contributed by atoms with Crippen LogP contribution in [0.15, 0.2) is 24.3 Å². The number of ether oxygens (including phenoxy) is 1. The van der Waals surface area contributed by atoms with Gasteiger partial charge >= 0.3 is 0 Å². The van der Waals surface area contributed by atoms with Crippen molar-refractivity contribution in [2.24, 2.45) is 5.73 Å². The summed E-state index contributed by atoms with van der Waals surface area (Å²) >= 11 is 0. The fourth-order valence-corrected chi connectivity index (χ4v) is 3.43. The lowest BCUT2D eigenvalue weighted by atomic mass is 9.91. The maximum absolute atomic E-state index is 6.49. The first-order valence-electron chi connectivity index (χ1n) is 8.34. The van der Waals surface area contributed by atoms with E-state index in [9.17, 15) is 0 Å². The number of nitrogens with two attached hydrogens (primary N) is 1.